The molecule has 100 valence electrons. The minimum Gasteiger partial charge on any atom is -0.378 e. The van der Waals surface area contributed by atoms with Gasteiger partial charge in [-0.3, -0.25) is 0 Å². The summed E-state index contributed by atoms with van der Waals surface area (Å²) >= 11 is 0. The van der Waals surface area contributed by atoms with Gasteiger partial charge in [0.25, 0.3) is 0 Å². The third-order valence-electron chi connectivity index (χ3n) is 3.62. The summed E-state index contributed by atoms with van der Waals surface area (Å²) in [5, 5.41) is 0. The molecular formula is C15H24N2O. The Balaban J connectivity index is 1.78. The zero-order valence-corrected chi connectivity index (χ0v) is 11.2. The highest BCUT2D eigenvalue weighted by Gasteiger charge is 2.20. The maximum absolute atomic E-state index is 6.25. The molecule has 1 saturated heterocycles. The molecule has 0 spiro atoms. The molecule has 1 aromatic carbocycles. The standard InChI is InChI=1S/C15H24N2O/c1-2-18-14-8-10-17(11-9-14)12-15(16)13-6-4-3-5-7-13/h3-7,14-15H,2,8-12,16H2,1H3. The van der Waals surface area contributed by atoms with Crippen LogP contribution < -0.4 is 5.73 Å². The van der Waals surface area contributed by atoms with Crippen LogP contribution in [0.1, 0.15) is 31.4 Å². The molecule has 1 aliphatic rings. The second-order valence-corrected chi connectivity index (χ2v) is 4.97. The second kappa shape index (κ2) is 6.88. The van der Waals surface area contributed by atoms with Crippen LogP contribution in [0.25, 0.3) is 0 Å². The number of hydrogen-bond acceptors (Lipinski definition) is 3. The van der Waals surface area contributed by atoms with Gasteiger partial charge in [0.1, 0.15) is 0 Å². The smallest absolute Gasteiger partial charge is 0.0599 e. The minimum absolute atomic E-state index is 0.120. The Bertz CT molecular complexity index is 334. The highest BCUT2D eigenvalue weighted by molar-refractivity contribution is 5.18. The van der Waals surface area contributed by atoms with Gasteiger partial charge in [-0.15, -0.1) is 0 Å². The summed E-state index contributed by atoms with van der Waals surface area (Å²) in [7, 11) is 0. The van der Waals surface area contributed by atoms with Crippen molar-refractivity contribution in [2.75, 3.05) is 26.2 Å². The number of hydrogen-bond donors (Lipinski definition) is 1. The first-order valence-electron chi connectivity index (χ1n) is 6.94. The third-order valence-corrected chi connectivity index (χ3v) is 3.62. The second-order valence-electron chi connectivity index (χ2n) is 4.97. The Hall–Kier alpha value is -0.900. The van der Waals surface area contributed by atoms with Gasteiger partial charge in [0.15, 0.2) is 0 Å². The average Bonchev–Trinajstić information content (AvgIpc) is 2.42. The first kappa shape index (κ1) is 13.5. The van der Waals surface area contributed by atoms with Gasteiger partial charge in [-0.2, -0.15) is 0 Å². The topological polar surface area (TPSA) is 38.5 Å². The summed E-state index contributed by atoms with van der Waals surface area (Å²) in [4.78, 5) is 2.45. The van der Waals surface area contributed by atoms with Crippen molar-refractivity contribution in [1.82, 2.24) is 4.90 Å². The number of piperidine rings is 1. The Kier molecular flexibility index (Phi) is 5.17. The quantitative estimate of drug-likeness (QED) is 0.868. The Morgan fingerprint density at radius 2 is 1.94 bits per heavy atom. The van der Waals surface area contributed by atoms with Gasteiger partial charge in [-0.1, -0.05) is 30.3 Å². The number of nitrogens with zero attached hydrogens (tertiary/aromatic N) is 1. The molecular weight excluding hydrogens is 224 g/mol. The van der Waals surface area contributed by atoms with E-state index in [2.05, 4.69) is 36.1 Å². The molecule has 2 rings (SSSR count). The number of benzene rings is 1. The summed E-state index contributed by atoms with van der Waals surface area (Å²) in [6.07, 6.45) is 2.73. The predicted molar refractivity (Wildman–Crippen MR) is 74.5 cm³/mol. The van der Waals surface area contributed by atoms with Crippen LogP contribution in [0.5, 0.6) is 0 Å². The fraction of sp³-hybridized carbons (Fsp3) is 0.600. The largest absolute Gasteiger partial charge is 0.378 e. The van der Waals surface area contributed by atoms with Crippen molar-refractivity contribution < 1.29 is 4.74 Å². The molecule has 0 amide bonds. The first-order valence-corrected chi connectivity index (χ1v) is 6.94. The number of ether oxygens (including phenoxy) is 1. The lowest BCUT2D eigenvalue weighted by molar-refractivity contribution is 0.0131. The normalized spacial score (nSPS) is 19.9. The zero-order chi connectivity index (χ0) is 12.8. The third kappa shape index (κ3) is 3.80. The van der Waals surface area contributed by atoms with Crippen molar-refractivity contribution in [2.45, 2.75) is 31.9 Å². The molecule has 2 N–H and O–H groups in total. The summed E-state index contributed by atoms with van der Waals surface area (Å²) in [5.41, 5.74) is 7.47. The van der Waals surface area contributed by atoms with Gasteiger partial charge in [0.2, 0.25) is 0 Å². The molecule has 3 nitrogen and oxygen atoms in total. The molecule has 0 aliphatic carbocycles. The Labute approximate surface area is 110 Å². The Morgan fingerprint density at radius 3 is 2.56 bits per heavy atom. The van der Waals surface area contributed by atoms with Gasteiger partial charge < -0.3 is 15.4 Å². The number of likely N-dealkylation sites (tertiary alicyclic amines) is 1. The molecule has 1 unspecified atom stereocenters. The summed E-state index contributed by atoms with van der Waals surface area (Å²) in [6, 6.07) is 10.5. The molecule has 0 aromatic heterocycles. The molecule has 1 atom stereocenters. The monoisotopic (exact) mass is 248 g/mol. The molecule has 1 heterocycles. The van der Waals surface area contributed by atoms with Gasteiger partial charge in [0.05, 0.1) is 6.10 Å². The highest BCUT2D eigenvalue weighted by atomic mass is 16.5. The average molecular weight is 248 g/mol. The van der Waals surface area contributed by atoms with Crippen LogP contribution in [0.2, 0.25) is 0 Å². The van der Waals surface area contributed by atoms with Crippen molar-refractivity contribution in [1.29, 1.82) is 0 Å². The molecule has 1 aromatic rings. The van der Waals surface area contributed by atoms with E-state index < -0.39 is 0 Å². The summed E-state index contributed by atoms with van der Waals surface area (Å²) < 4.78 is 5.66. The van der Waals surface area contributed by atoms with E-state index >= 15 is 0 Å². The van der Waals surface area contributed by atoms with E-state index in [0.717, 1.165) is 39.1 Å². The van der Waals surface area contributed by atoms with Crippen LogP contribution in [0.15, 0.2) is 30.3 Å². The van der Waals surface area contributed by atoms with E-state index in [9.17, 15) is 0 Å². The van der Waals surface area contributed by atoms with Crippen LogP contribution in [-0.4, -0.2) is 37.2 Å². The van der Waals surface area contributed by atoms with Crippen LogP contribution in [0.3, 0.4) is 0 Å². The molecule has 3 heteroatoms. The van der Waals surface area contributed by atoms with E-state index in [-0.39, 0.29) is 6.04 Å². The lowest BCUT2D eigenvalue weighted by atomic mass is 10.0. The maximum Gasteiger partial charge on any atom is 0.0599 e. The Morgan fingerprint density at radius 1 is 1.28 bits per heavy atom. The van der Waals surface area contributed by atoms with Crippen LogP contribution in [-0.2, 0) is 4.74 Å². The lowest BCUT2D eigenvalue weighted by Crippen LogP contribution is -2.40. The lowest BCUT2D eigenvalue weighted by Gasteiger charge is -2.33. The molecule has 1 fully saturated rings. The van der Waals surface area contributed by atoms with E-state index in [1.807, 2.05) is 6.07 Å². The fourth-order valence-electron chi connectivity index (χ4n) is 2.58. The van der Waals surface area contributed by atoms with Crippen molar-refractivity contribution in [2.24, 2.45) is 5.73 Å². The summed E-state index contributed by atoms with van der Waals surface area (Å²) in [6.45, 7) is 6.05. The fourth-order valence-corrected chi connectivity index (χ4v) is 2.58. The van der Waals surface area contributed by atoms with Gasteiger partial charge in [-0.25, -0.2) is 0 Å². The van der Waals surface area contributed by atoms with Gasteiger partial charge in [-0.05, 0) is 25.3 Å². The van der Waals surface area contributed by atoms with E-state index in [0.29, 0.717) is 6.10 Å². The number of nitrogens with two attached hydrogens (primary N) is 1. The van der Waals surface area contributed by atoms with Crippen LogP contribution >= 0.6 is 0 Å². The maximum atomic E-state index is 6.25. The molecule has 0 bridgehead atoms. The number of rotatable bonds is 5. The van der Waals surface area contributed by atoms with Crippen molar-refractivity contribution in [3.63, 3.8) is 0 Å². The van der Waals surface area contributed by atoms with Crippen molar-refractivity contribution >= 4 is 0 Å². The van der Waals surface area contributed by atoms with Crippen molar-refractivity contribution in [3.8, 4) is 0 Å². The van der Waals surface area contributed by atoms with Gasteiger partial charge >= 0.3 is 0 Å². The molecule has 0 radical (unpaired) electrons. The molecule has 0 saturated carbocycles. The van der Waals surface area contributed by atoms with Crippen molar-refractivity contribution in [3.05, 3.63) is 35.9 Å². The SMILES string of the molecule is CCOC1CCN(CC(N)c2ccccc2)CC1. The zero-order valence-electron chi connectivity index (χ0n) is 11.2. The highest BCUT2D eigenvalue weighted by Crippen LogP contribution is 2.17. The van der Waals surface area contributed by atoms with Gasteiger partial charge in [0, 0.05) is 32.3 Å². The molecule has 18 heavy (non-hydrogen) atoms. The summed E-state index contributed by atoms with van der Waals surface area (Å²) in [5.74, 6) is 0. The predicted octanol–water partition coefficient (Wildman–Crippen LogP) is 2.19. The van der Waals surface area contributed by atoms with Crippen LogP contribution in [0, 0.1) is 0 Å². The first-order chi connectivity index (χ1) is 8.79. The van der Waals surface area contributed by atoms with E-state index in [1.165, 1.54) is 5.56 Å². The van der Waals surface area contributed by atoms with E-state index in [4.69, 9.17) is 10.5 Å². The van der Waals surface area contributed by atoms with Crippen LogP contribution in [0.4, 0.5) is 0 Å². The molecule has 1 aliphatic heterocycles. The van der Waals surface area contributed by atoms with E-state index in [1.54, 1.807) is 0 Å². The minimum atomic E-state index is 0.120.